The number of hydrogen-bond acceptors (Lipinski definition) is 4. The number of aromatic nitrogens is 1. The lowest BCUT2D eigenvalue weighted by atomic mass is 10.2. The van der Waals surface area contributed by atoms with Crippen LogP contribution in [-0.2, 0) is 0 Å². The number of benzene rings is 2. The van der Waals surface area contributed by atoms with Crippen LogP contribution in [0.15, 0.2) is 41.4 Å². The quantitative estimate of drug-likeness (QED) is 0.447. The molecule has 0 N–H and O–H groups in total. The van der Waals surface area contributed by atoms with Crippen LogP contribution in [0.3, 0.4) is 0 Å². The molecule has 3 nitrogen and oxygen atoms in total. The standard InChI is InChI=1S/C15H7ClF4N2OS/c16-13(12-8(17)2-1-3-9(12)18)22-15-21-10-5-4-7(23-14(19)20)6-11(10)24-15/h1-6,14H. The van der Waals surface area contributed by atoms with E-state index in [-0.39, 0.29) is 10.9 Å². The van der Waals surface area contributed by atoms with Gasteiger partial charge in [0, 0.05) is 0 Å². The van der Waals surface area contributed by atoms with Crippen LogP contribution in [0.5, 0.6) is 5.75 Å². The van der Waals surface area contributed by atoms with E-state index >= 15 is 0 Å². The van der Waals surface area contributed by atoms with Crippen molar-refractivity contribution >= 4 is 43.5 Å². The van der Waals surface area contributed by atoms with Gasteiger partial charge in [0.25, 0.3) is 0 Å². The molecule has 1 heterocycles. The van der Waals surface area contributed by atoms with Gasteiger partial charge in [-0.2, -0.15) is 8.78 Å². The number of rotatable bonds is 4. The van der Waals surface area contributed by atoms with Crippen LogP contribution in [-0.4, -0.2) is 16.8 Å². The average Bonchev–Trinajstić information content (AvgIpc) is 2.87. The van der Waals surface area contributed by atoms with Gasteiger partial charge in [0.05, 0.1) is 15.8 Å². The second kappa shape index (κ2) is 6.74. The molecular weight excluding hydrogens is 368 g/mol. The summed E-state index contributed by atoms with van der Waals surface area (Å²) in [5.74, 6) is -1.72. The van der Waals surface area contributed by atoms with E-state index < -0.39 is 29.0 Å². The molecule has 0 fully saturated rings. The number of thiazole rings is 1. The zero-order valence-corrected chi connectivity index (χ0v) is 13.2. The highest BCUT2D eigenvalue weighted by atomic mass is 35.5. The predicted octanol–water partition coefficient (Wildman–Crippen LogP) is 5.49. The van der Waals surface area contributed by atoms with Crippen molar-refractivity contribution in [1.29, 1.82) is 0 Å². The Balaban J connectivity index is 1.97. The van der Waals surface area contributed by atoms with Crippen molar-refractivity contribution in [3.05, 3.63) is 53.6 Å². The molecule has 3 rings (SSSR count). The van der Waals surface area contributed by atoms with Crippen LogP contribution in [0.1, 0.15) is 5.56 Å². The van der Waals surface area contributed by atoms with Gasteiger partial charge in [0.15, 0.2) is 0 Å². The monoisotopic (exact) mass is 374 g/mol. The van der Waals surface area contributed by atoms with E-state index in [2.05, 4.69) is 14.7 Å². The SMILES string of the molecule is Fc1cccc(F)c1C(Cl)=Nc1nc2ccc(OC(F)F)cc2s1. The fourth-order valence-electron chi connectivity index (χ4n) is 1.95. The highest BCUT2D eigenvalue weighted by Gasteiger charge is 2.15. The summed E-state index contributed by atoms with van der Waals surface area (Å²) in [6, 6.07) is 7.50. The molecule has 0 bridgehead atoms. The summed E-state index contributed by atoms with van der Waals surface area (Å²) in [6.45, 7) is -2.94. The van der Waals surface area contributed by atoms with E-state index in [0.29, 0.717) is 10.2 Å². The second-order valence-corrected chi connectivity index (χ2v) is 5.87. The van der Waals surface area contributed by atoms with Gasteiger partial charge < -0.3 is 4.74 Å². The first kappa shape index (κ1) is 16.7. The van der Waals surface area contributed by atoms with Crippen LogP contribution >= 0.6 is 22.9 Å². The lowest BCUT2D eigenvalue weighted by Crippen LogP contribution is -2.01. The number of ether oxygens (including phenoxy) is 1. The normalized spacial score (nSPS) is 12.2. The Morgan fingerprint density at radius 3 is 2.54 bits per heavy atom. The Kier molecular flexibility index (Phi) is 4.68. The molecule has 0 aliphatic heterocycles. The fraction of sp³-hybridized carbons (Fsp3) is 0.0667. The molecule has 124 valence electrons. The maximum Gasteiger partial charge on any atom is 0.387 e. The Morgan fingerprint density at radius 1 is 1.17 bits per heavy atom. The minimum Gasteiger partial charge on any atom is -0.435 e. The summed E-state index contributed by atoms with van der Waals surface area (Å²) in [4.78, 5) is 8.02. The van der Waals surface area contributed by atoms with Gasteiger partial charge in [-0.05, 0) is 30.3 Å². The smallest absolute Gasteiger partial charge is 0.387 e. The number of aliphatic imine (C=N–C) groups is 1. The Bertz CT molecular complexity index is 909. The Labute approximate surface area is 142 Å². The first-order valence-electron chi connectivity index (χ1n) is 6.48. The molecule has 3 aromatic rings. The van der Waals surface area contributed by atoms with Crippen molar-refractivity contribution in [2.75, 3.05) is 0 Å². The topological polar surface area (TPSA) is 34.5 Å². The molecule has 0 amide bonds. The number of nitrogens with zero attached hydrogens (tertiary/aromatic N) is 2. The maximum absolute atomic E-state index is 13.7. The lowest BCUT2D eigenvalue weighted by Gasteiger charge is -2.02. The molecule has 0 atom stereocenters. The molecule has 1 aromatic heterocycles. The van der Waals surface area contributed by atoms with Gasteiger partial charge >= 0.3 is 6.61 Å². The molecule has 0 spiro atoms. The third-order valence-corrected chi connectivity index (χ3v) is 4.12. The number of fused-ring (bicyclic) bond motifs is 1. The van der Waals surface area contributed by atoms with Gasteiger partial charge in [-0.25, -0.2) is 18.8 Å². The molecule has 9 heteroatoms. The molecule has 2 aromatic carbocycles. The lowest BCUT2D eigenvalue weighted by molar-refractivity contribution is -0.0497. The third-order valence-electron chi connectivity index (χ3n) is 2.94. The molecular formula is C15H7ClF4N2OS. The van der Waals surface area contributed by atoms with Crippen LogP contribution in [0.2, 0.25) is 0 Å². The summed E-state index contributed by atoms with van der Waals surface area (Å²) < 4.78 is 56.6. The zero-order valence-electron chi connectivity index (χ0n) is 11.6. The van der Waals surface area contributed by atoms with Crippen molar-refractivity contribution in [1.82, 2.24) is 4.98 Å². The number of alkyl halides is 2. The molecule has 0 saturated heterocycles. The van der Waals surface area contributed by atoms with Gasteiger partial charge in [-0.1, -0.05) is 29.0 Å². The van der Waals surface area contributed by atoms with Gasteiger partial charge in [-0.3, -0.25) is 0 Å². The molecule has 0 unspecified atom stereocenters. The minimum absolute atomic E-state index is 0.0251. The van der Waals surface area contributed by atoms with Crippen molar-refractivity contribution < 1.29 is 22.3 Å². The summed E-state index contributed by atoms with van der Waals surface area (Å²) in [6.07, 6.45) is 0. The van der Waals surface area contributed by atoms with Crippen molar-refractivity contribution in [3.8, 4) is 5.75 Å². The van der Waals surface area contributed by atoms with Crippen molar-refractivity contribution in [3.63, 3.8) is 0 Å². The Hall–Kier alpha value is -2.19. The molecule has 0 saturated carbocycles. The van der Waals surface area contributed by atoms with E-state index in [1.54, 1.807) is 0 Å². The van der Waals surface area contributed by atoms with Gasteiger partial charge in [-0.15, -0.1) is 0 Å². The predicted molar refractivity (Wildman–Crippen MR) is 84.7 cm³/mol. The first-order valence-corrected chi connectivity index (χ1v) is 7.67. The highest BCUT2D eigenvalue weighted by molar-refractivity contribution is 7.22. The summed E-state index contributed by atoms with van der Waals surface area (Å²) in [5.41, 5.74) is 0.0129. The first-order chi connectivity index (χ1) is 11.4. The number of hydrogen-bond donors (Lipinski definition) is 0. The largest absolute Gasteiger partial charge is 0.435 e. The maximum atomic E-state index is 13.7. The fourth-order valence-corrected chi connectivity index (χ4v) is 3.13. The van der Waals surface area contributed by atoms with E-state index in [0.717, 1.165) is 23.5 Å². The molecule has 0 aliphatic carbocycles. The van der Waals surface area contributed by atoms with E-state index in [9.17, 15) is 17.6 Å². The van der Waals surface area contributed by atoms with E-state index in [4.69, 9.17) is 11.6 Å². The molecule has 0 aliphatic rings. The van der Waals surface area contributed by atoms with E-state index in [1.807, 2.05) is 0 Å². The number of halogens is 5. The third kappa shape index (κ3) is 3.49. The minimum atomic E-state index is -2.94. The van der Waals surface area contributed by atoms with Crippen LogP contribution < -0.4 is 4.74 Å². The van der Waals surface area contributed by atoms with Gasteiger partial charge in [0.1, 0.15) is 22.6 Å². The van der Waals surface area contributed by atoms with Crippen LogP contribution in [0.4, 0.5) is 22.7 Å². The van der Waals surface area contributed by atoms with Crippen LogP contribution in [0.25, 0.3) is 10.2 Å². The Morgan fingerprint density at radius 2 is 1.88 bits per heavy atom. The summed E-state index contributed by atoms with van der Waals surface area (Å²) in [5, 5.41) is -0.263. The summed E-state index contributed by atoms with van der Waals surface area (Å²) in [7, 11) is 0. The van der Waals surface area contributed by atoms with E-state index in [1.165, 1.54) is 24.3 Å². The van der Waals surface area contributed by atoms with Gasteiger partial charge in [0.2, 0.25) is 5.13 Å². The molecule has 24 heavy (non-hydrogen) atoms. The zero-order chi connectivity index (χ0) is 17.3. The van der Waals surface area contributed by atoms with Crippen molar-refractivity contribution in [2.45, 2.75) is 6.61 Å². The van der Waals surface area contributed by atoms with Crippen molar-refractivity contribution in [2.24, 2.45) is 4.99 Å². The average molecular weight is 375 g/mol. The highest BCUT2D eigenvalue weighted by Crippen LogP contribution is 2.32. The second-order valence-electron chi connectivity index (χ2n) is 4.50. The summed E-state index contributed by atoms with van der Waals surface area (Å²) >= 11 is 6.91. The van der Waals surface area contributed by atoms with Crippen LogP contribution in [0, 0.1) is 11.6 Å². The molecule has 0 radical (unpaired) electrons.